The molecule has 1 saturated heterocycles. The van der Waals surface area contributed by atoms with Gasteiger partial charge in [0.2, 0.25) is 0 Å². The van der Waals surface area contributed by atoms with Crippen LogP contribution in [0.1, 0.15) is 65.7 Å². The van der Waals surface area contributed by atoms with Crippen LogP contribution in [0.2, 0.25) is 0 Å². The van der Waals surface area contributed by atoms with Gasteiger partial charge in [0, 0.05) is 25.2 Å². The number of ether oxygens (including phenoxy) is 2. The highest BCUT2D eigenvalue weighted by Gasteiger charge is 2.50. The zero-order valence-electron chi connectivity index (χ0n) is 11.9. The maximum Gasteiger partial charge on any atom is 0.171 e. The lowest BCUT2D eigenvalue weighted by molar-refractivity contribution is -0.371. The molecule has 2 aliphatic rings. The van der Waals surface area contributed by atoms with E-state index in [1.54, 1.807) is 0 Å². The van der Waals surface area contributed by atoms with Gasteiger partial charge in [-0.05, 0) is 33.1 Å². The molecule has 0 radical (unpaired) electrons. The SMILES string of the molecule is C[C@@H]1C[C@@](C)(CCC#N)O[C@@]2(CCCC[C@H]2C)O1. The van der Waals surface area contributed by atoms with E-state index in [4.69, 9.17) is 14.7 Å². The molecule has 3 nitrogen and oxygen atoms in total. The molecule has 0 aromatic heterocycles. The van der Waals surface area contributed by atoms with Crippen molar-refractivity contribution in [1.29, 1.82) is 5.26 Å². The summed E-state index contributed by atoms with van der Waals surface area (Å²) < 4.78 is 12.6. The molecule has 1 spiro atoms. The maximum atomic E-state index is 8.79. The minimum Gasteiger partial charge on any atom is -0.347 e. The summed E-state index contributed by atoms with van der Waals surface area (Å²) in [6.45, 7) is 6.52. The second kappa shape index (κ2) is 5.19. The summed E-state index contributed by atoms with van der Waals surface area (Å²) in [6.07, 6.45) is 7.14. The largest absolute Gasteiger partial charge is 0.347 e. The third kappa shape index (κ3) is 2.70. The maximum absolute atomic E-state index is 8.79. The van der Waals surface area contributed by atoms with Crippen LogP contribution in [0, 0.1) is 17.2 Å². The summed E-state index contributed by atoms with van der Waals surface area (Å²) in [6, 6.07) is 2.24. The van der Waals surface area contributed by atoms with Crippen LogP contribution in [0.4, 0.5) is 0 Å². The molecule has 3 heteroatoms. The molecule has 4 atom stereocenters. The van der Waals surface area contributed by atoms with Gasteiger partial charge in [-0.15, -0.1) is 0 Å². The molecule has 2 fully saturated rings. The van der Waals surface area contributed by atoms with E-state index in [2.05, 4.69) is 26.8 Å². The Bertz CT molecular complexity index is 338. The van der Waals surface area contributed by atoms with E-state index in [0.717, 1.165) is 19.3 Å². The first-order chi connectivity index (χ1) is 8.50. The first kappa shape index (κ1) is 13.8. The van der Waals surface area contributed by atoms with Gasteiger partial charge in [0.15, 0.2) is 5.79 Å². The Kier molecular flexibility index (Phi) is 3.99. The molecular weight excluding hydrogens is 226 g/mol. The third-order valence-electron chi connectivity index (χ3n) is 4.47. The van der Waals surface area contributed by atoms with Crippen molar-refractivity contribution in [3.63, 3.8) is 0 Å². The van der Waals surface area contributed by atoms with Crippen molar-refractivity contribution in [1.82, 2.24) is 0 Å². The first-order valence-electron chi connectivity index (χ1n) is 7.25. The first-order valence-corrected chi connectivity index (χ1v) is 7.25. The monoisotopic (exact) mass is 251 g/mol. The van der Waals surface area contributed by atoms with Gasteiger partial charge in [-0.2, -0.15) is 5.26 Å². The van der Waals surface area contributed by atoms with Gasteiger partial charge in [-0.25, -0.2) is 0 Å². The molecule has 1 heterocycles. The molecule has 1 saturated carbocycles. The van der Waals surface area contributed by atoms with Crippen molar-refractivity contribution in [3.8, 4) is 6.07 Å². The van der Waals surface area contributed by atoms with E-state index in [1.165, 1.54) is 19.3 Å². The third-order valence-corrected chi connectivity index (χ3v) is 4.47. The molecule has 0 amide bonds. The lowest BCUT2D eigenvalue weighted by atomic mass is 9.81. The van der Waals surface area contributed by atoms with E-state index in [0.29, 0.717) is 12.3 Å². The smallest absolute Gasteiger partial charge is 0.171 e. The standard InChI is InChI=1S/C15H25NO2/c1-12-7-4-5-9-15(12)17-13(2)11-14(3,18-15)8-6-10-16/h12-13H,4-9,11H2,1-3H3/t12-,13-,14-,15-/m1/s1. The van der Waals surface area contributed by atoms with Gasteiger partial charge < -0.3 is 9.47 Å². The van der Waals surface area contributed by atoms with Gasteiger partial charge in [0.05, 0.1) is 17.8 Å². The normalized spacial score (nSPS) is 44.8. The van der Waals surface area contributed by atoms with Crippen LogP contribution in [0.25, 0.3) is 0 Å². The fourth-order valence-electron chi connectivity index (χ4n) is 3.56. The zero-order chi connectivity index (χ0) is 13.2. The summed E-state index contributed by atoms with van der Waals surface area (Å²) in [4.78, 5) is 0. The molecule has 1 aliphatic carbocycles. The number of rotatable bonds is 2. The van der Waals surface area contributed by atoms with Gasteiger partial charge in [0.1, 0.15) is 0 Å². The van der Waals surface area contributed by atoms with E-state index in [1.807, 2.05) is 0 Å². The molecule has 0 bridgehead atoms. The van der Waals surface area contributed by atoms with Crippen molar-refractivity contribution in [3.05, 3.63) is 0 Å². The Balaban J connectivity index is 2.14. The highest BCUT2D eigenvalue weighted by atomic mass is 16.7. The van der Waals surface area contributed by atoms with E-state index < -0.39 is 0 Å². The topological polar surface area (TPSA) is 42.2 Å². The Labute approximate surface area is 110 Å². The van der Waals surface area contributed by atoms with Crippen LogP contribution < -0.4 is 0 Å². The summed E-state index contributed by atoms with van der Waals surface area (Å²) in [5.74, 6) is 0.0653. The summed E-state index contributed by atoms with van der Waals surface area (Å²) >= 11 is 0. The Hall–Kier alpha value is -0.590. The molecule has 18 heavy (non-hydrogen) atoms. The van der Waals surface area contributed by atoms with E-state index in [-0.39, 0.29) is 17.5 Å². The predicted octanol–water partition coefficient (Wildman–Crippen LogP) is 3.78. The highest BCUT2D eigenvalue weighted by Crippen LogP contribution is 2.46. The molecular formula is C15H25NO2. The second-order valence-electron chi connectivity index (χ2n) is 6.30. The van der Waals surface area contributed by atoms with Gasteiger partial charge in [-0.3, -0.25) is 0 Å². The zero-order valence-corrected chi connectivity index (χ0v) is 11.9. The highest BCUT2D eigenvalue weighted by molar-refractivity contribution is 4.93. The molecule has 0 aromatic carbocycles. The lowest BCUT2D eigenvalue weighted by Gasteiger charge is -2.53. The second-order valence-corrected chi connectivity index (χ2v) is 6.30. The summed E-state index contributed by atoms with van der Waals surface area (Å²) in [5, 5.41) is 8.79. The van der Waals surface area contributed by atoms with Crippen molar-refractivity contribution in [2.45, 2.75) is 83.2 Å². The van der Waals surface area contributed by atoms with Crippen LogP contribution in [0.5, 0.6) is 0 Å². The minimum atomic E-state index is -0.389. The molecule has 0 N–H and O–H groups in total. The average Bonchev–Trinajstić information content (AvgIpc) is 2.30. The number of nitrogens with zero attached hydrogens (tertiary/aromatic N) is 1. The molecule has 0 unspecified atom stereocenters. The quantitative estimate of drug-likeness (QED) is 0.750. The van der Waals surface area contributed by atoms with Gasteiger partial charge >= 0.3 is 0 Å². The van der Waals surface area contributed by atoms with Crippen LogP contribution in [0.15, 0.2) is 0 Å². The molecule has 0 aromatic rings. The minimum absolute atomic E-state index is 0.195. The number of nitriles is 1. The molecule has 2 rings (SSSR count). The van der Waals surface area contributed by atoms with Crippen molar-refractivity contribution < 1.29 is 9.47 Å². The molecule has 102 valence electrons. The van der Waals surface area contributed by atoms with Crippen molar-refractivity contribution in [2.24, 2.45) is 5.92 Å². The van der Waals surface area contributed by atoms with Crippen LogP contribution >= 0.6 is 0 Å². The Morgan fingerprint density at radius 1 is 1.33 bits per heavy atom. The van der Waals surface area contributed by atoms with E-state index in [9.17, 15) is 0 Å². The number of hydrogen-bond donors (Lipinski definition) is 0. The Morgan fingerprint density at radius 3 is 2.78 bits per heavy atom. The van der Waals surface area contributed by atoms with Crippen LogP contribution in [-0.4, -0.2) is 17.5 Å². The van der Waals surface area contributed by atoms with Crippen LogP contribution in [-0.2, 0) is 9.47 Å². The summed E-state index contributed by atoms with van der Waals surface area (Å²) in [5.41, 5.74) is -0.195. The predicted molar refractivity (Wildman–Crippen MR) is 69.9 cm³/mol. The van der Waals surface area contributed by atoms with Crippen molar-refractivity contribution >= 4 is 0 Å². The van der Waals surface area contributed by atoms with E-state index >= 15 is 0 Å². The van der Waals surface area contributed by atoms with Gasteiger partial charge in [-0.1, -0.05) is 13.3 Å². The lowest BCUT2D eigenvalue weighted by Crippen LogP contribution is -2.57. The molecule has 1 aliphatic heterocycles. The fourth-order valence-corrected chi connectivity index (χ4v) is 3.56. The van der Waals surface area contributed by atoms with Gasteiger partial charge in [0.25, 0.3) is 0 Å². The average molecular weight is 251 g/mol. The Morgan fingerprint density at radius 2 is 2.11 bits per heavy atom. The van der Waals surface area contributed by atoms with Crippen molar-refractivity contribution in [2.75, 3.05) is 0 Å². The van der Waals surface area contributed by atoms with Crippen LogP contribution in [0.3, 0.4) is 0 Å². The number of hydrogen-bond acceptors (Lipinski definition) is 3. The summed E-state index contributed by atoms with van der Waals surface area (Å²) in [7, 11) is 0. The fraction of sp³-hybridized carbons (Fsp3) is 0.933.